The molecule has 0 radical (unpaired) electrons. The Labute approximate surface area is 56.8 Å². The normalized spacial score (nSPS) is 14.0. The van der Waals surface area contributed by atoms with Crippen LogP contribution in [0, 0.1) is 11.3 Å². The standard InChI is InChI=1S/C6H6F3N/c1-4(3-10)5(2)6(7,8)9/h1-2H3. The van der Waals surface area contributed by atoms with E-state index >= 15 is 0 Å². The molecule has 0 N–H and O–H groups in total. The monoisotopic (exact) mass is 149 g/mol. The number of rotatable bonds is 0. The minimum atomic E-state index is -4.36. The van der Waals surface area contributed by atoms with Crippen LogP contribution in [0.5, 0.6) is 0 Å². The minimum Gasteiger partial charge on any atom is -0.193 e. The highest BCUT2D eigenvalue weighted by Gasteiger charge is 2.31. The van der Waals surface area contributed by atoms with Crippen LogP contribution in [0.1, 0.15) is 13.8 Å². The lowest BCUT2D eigenvalue weighted by Crippen LogP contribution is -2.10. The quantitative estimate of drug-likeness (QED) is 0.485. The smallest absolute Gasteiger partial charge is 0.193 e. The van der Waals surface area contributed by atoms with Crippen molar-refractivity contribution in [3.63, 3.8) is 0 Å². The number of hydrogen-bond acceptors (Lipinski definition) is 1. The van der Waals surface area contributed by atoms with Crippen molar-refractivity contribution >= 4 is 0 Å². The molecule has 0 saturated heterocycles. The Morgan fingerprint density at radius 2 is 1.70 bits per heavy atom. The van der Waals surface area contributed by atoms with Gasteiger partial charge in [-0.15, -0.1) is 0 Å². The highest BCUT2D eigenvalue weighted by molar-refractivity contribution is 5.26. The molecule has 0 heterocycles. The van der Waals surface area contributed by atoms with Crippen molar-refractivity contribution in [2.24, 2.45) is 0 Å². The molecule has 0 rings (SSSR count). The number of nitriles is 1. The van der Waals surface area contributed by atoms with Gasteiger partial charge in [-0.3, -0.25) is 0 Å². The first-order chi connectivity index (χ1) is 4.39. The lowest BCUT2D eigenvalue weighted by molar-refractivity contribution is -0.0918. The Morgan fingerprint density at radius 1 is 1.30 bits per heavy atom. The second kappa shape index (κ2) is 2.74. The molecule has 0 aromatic heterocycles. The Hall–Kier alpha value is -0.980. The van der Waals surface area contributed by atoms with Gasteiger partial charge in [0.05, 0.1) is 6.07 Å². The molecule has 4 heteroatoms. The van der Waals surface area contributed by atoms with Gasteiger partial charge in [0.1, 0.15) is 0 Å². The fourth-order valence-electron chi connectivity index (χ4n) is 0.296. The van der Waals surface area contributed by atoms with Crippen molar-refractivity contribution in [2.75, 3.05) is 0 Å². The number of hydrogen-bond donors (Lipinski definition) is 0. The third-order valence-corrected chi connectivity index (χ3v) is 1.16. The lowest BCUT2D eigenvalue weighted by Gasteiger charge is -2.05. The van der Waals surface area contributed by atoms with Crippen molar-refractivity contribution in [2.45, 2.75) is 20.0 Å². The maximum atomic E-state index is 11.7. The van der Waals surface area contributed by atoms with E-state index in [4.69, 9.17) is 5.26 Å². The van der Waals surface area contributed by atoms with Crippen LogP contribution >= 0.6 is 0 Å². The zero-order chi connectivity index (χ0) is 8.36. The summed E-state index contributed by atoms with van der Waals surface area (Å²) in [6, 6.07) is 1.43. The Bertz CT molecular complexity index is 194. The van der Waals surface area contributed by atoms with Gasteiger partial charge >= 0.3 is 6.18 Å². The van der Waals surface area contributed by atoms with Crippen LogP contribution in [0.25, 0.3) is 0 Å². The van der Waals surface area contributed by atoms with Crippen molar-refractivity contribution < 1.29 is 13.2 Å². The largest absolute Gasteiger partial charge is 0.413 e. The van der Waals surface area contributed by atoms with Crippen molar-refractivity contribution in [1.82, 2.24) is 0 Å². The molecular weight excluding hydrogens is 143 g/mol. The van der Waals surface area contributed by atoms with E-state index in [9.17, 15) is 13.2 Å². The van der Waals surface area contributed by atoms with E-state index in [-0.39, 0.29) is 5.57 Å². The summed E-state index contributed by atoms with van der Waals surface area (Å²) in [4.78, 5) is 0. The topological polar surface area (TPSA) is 23.8 Å². The first-order valence-corrected chi connectivity index (χ1v) is 2.54. The zero-order valence-corrected chi connectivity index (χ0v) is 5.58. The average molecular weight is 149 g/mol. The summed E-state index contributed by atoms with van der Waals surface area (Å²) in [5, 5.41) is 8.06. The third kappa shape index (κ3) is 2.09. The summed E-state index contributed by atoms with van der Waals surface area (Å²) in [5.74, 6) is 0. The van der Waals surface area contributed by atoms with E-state index in [0.717, 1.165) is 13.8 Å². The van der Waals surface area contributed by atoms with Gasteiger partial charge in [0.15, 0.2) is 0 Å². The number of halogens is 3. The van der Waals surface area contributed by atoms with Crippen molar-refractivity contribution in [3.05, 3.63) is 11.1 Å². The predicted molar refractivity (Wildman–Crippen MR) is 30.0 cm³/mol. The second-order valence-electron chi connectivity index (χ2n) is 1.86. The number of allylic oxidation sites excluding steroid dienone is 2. The minimum absolute atomic E-state index is 0.285. The van der Waals surface area contributed by atoms with Gasteiger partial charge in [-0.25, -0.2) is 0 Å². The summed E-state index contributed by atoms with van der Waals surface area (Å²) in [6.45, 7) is 2.03. The van der Waals surface area contributed by atoms with Crippen LogP contribution < -0.4 is 0 Å². The molecule has 0 atom stereocenters. The molecule has 0 aromatic carbocycles. The van der Waals surface area contributed by atoms with Crippen LogP contribution in [0.2, 0.25) is 0 Å². The molecule has 0 aliphatic carbocycles. The molecular formula is C6H6F3N. The van der Waals surface area contributed by atoms with Gasteiger partial charge in [-0.05, 0) is 13.8 Å². The highest BCUT2D eigenvalue weighted by atomic mass is 19.4. The van der Waals surface area contributed by atoms with Gasteiger partial charge < -0.3 is 0 Å². The molecule has 56 valence electrons. The van der Waals surface area contributed by atoms with Crippen LogP contribution in [-0.2, 0) is 0 Å². The molecule has 0 spiro atoms. The van der Waals surface area contributed by atoms with E-state index in [1.165, 1.54) is 6.07 Å². The molecule has 0 unspecified atom stereocenters. The van der Waals surface area contributed by atoms with Crippen molar-refractivity contribution in [1.29, 1.82) is 5.26 Å². The molecule has 0 aromatic rings. The molecule has 10 heavy (non-hydrogen) atoms. The Balaban J connectivity index is 4.69. The molecule has 0 saturated carbocycles. The fourth-order valence-corrected chi connectivity index (χ4v) is 0.296. The Morgan fingerprint density at radius 3 is 1.80 bits per heavy atom. The van der Waals surface area contributed by atoms with Crippen LogP contribution in [0.3, 0.4) is 0 Å². The van der Waals surface area contributed by atoms with Gasteiger partial charge in [-0.2, -0.15) is 18.4 Å². The molecule has 0 amide bonds. The van der Waals surface area contributed by atoms with E-state index in [2.05, 4.69) is 0 Å². The van der Waals surface area contributed by atoms with Gasteiger partial charge in [-0.1, -0.05) is 0 Å². The van der Waals surface area contributed by atoms with E-state index < -0.39 is 11.7 Å². The summed E-state index contributed by atoms with van der Waals surface area (Å²) in [7, 11) is 0. The van der Waals surface area contributed by atoms with Crippen LogP contribution in [-0.4, -0.2) is 6.18 Å². The molecule has 0 aliphatic heterocycles. The van der Waals surface area contributed by atoms with E-state index in [1.54, 1.807) is 0 Å². The third-order valence-electron chi connectivity index (χ3n) is 1.16. The van der Waals surface area contributed by atoms with E-state index in [0.29, 0.717) is 0 Å². The Kier molecular flexibility index (Phi) is 2.47. The first kappa shape index (κ1) is 9.02. The molecule has 0 fully saturated rings. The predicted octanol–water partition coefficient (Wildman–Crippen LogP) is 2.41. The molecule has 0 bridgehead atoms. The number of nitrogens with zero attached hydrogens (tertiary/aromatic N) is 1. The van der Waals surface area contributed by atoms with E-state index in [1.807, 2.05) is 0 Å². The molecule has 1 nitrogen and oxygen atoms in total. The van der Waals surface area contributed by atoms with Gasteiger partial charge in [0, 0.05) is 11.1 Å². The zero-order valence-electron chi connectivity index (χ0n) is 5.58. The van der Waals surface area contributed by atoms with Crippen LogP contribution in [0.15, 0.2) is 11.1 Å². The first-order valence-electron chi connectivity index (χ1n) is 2.54. The maximum Gasteiger partial charge on any atom is 0.413 e. The maximum absolute atomic E-state index is 11.7. The SMILES string of the molecule is CC(C#N)=C(C)C(F)(F)F. The lowest BCUT2D eigenvalue weighted by atomic mass is 10.2. The van der Waals surface area contributed by atoms with Gasteiger partial charge in [0.25, 0.3) is 0 Å². The summed E-state index contributed by atoms with van der Waals surface area (Å²) in [6.07, 6.45) is -4.36. The second-order valence-corrected chi connectivity index (χ2v) is 1.86. The summed E-state index contributed by atoms with van der Waals surface area (Å²) in [5.41, 5.74) is -1.11. The summed E-state index contributed by atoms with van der Waals surface area (Å²) >= 11 is 0. The average Bonchev–Trinajstić information content (AvgIpc) is 1.83. The summed E-state index contributed by atoms with van der Waals surface area (Å²) < 4.78 is 35.0. The van der Waals surface area contributed by atoms with Crippen LogP contribution in [0.4, 0.5) is 13.2 Å². The number of alkyl halides is 3. The van der Waals surface area contributed by atoms with Crippen molar-refractivity contribution in [3.8, 4) is 6.07 Å². The van der Waals surface area contributed by atoms with Gasteiger partial charge in [0.2, 0.25) is 0 Å². The highest BCUT2D eigenvalue weighted by Crippen LogP contribution is 2.26. The fraction of sp³-hybridized carbons (Fsp3) is 0.500. The molecule has 0 aliphatic rings.